The van der Waals surface area contributed by atoms with Crippen LogP contribution in [0, 0.1) is 12.7 Å². The van der Waals surface area contributed by atoms with Crippen molar-refractivity contribution in [3.05, 3.63) is 107 Å². The number of amides is 1. The second kappa shape index (κ2) is 6.89. The molecule has 29 heavy (non-hydrogen) atoms. The van der Waals surface area contributed by atoms with Crippen LogP contribution in [-0.2, 0) is 6.42 Å². The average molecular weight is 384 g/mol. The number of benzene rings is 3. The number of carbonyl (C=O) groups is 1. The summed E-state index contributed by atoms with van der Waals surface area (Å²) in [7, 11) is 0. The number of H-pyrrole nitrogens is 1. The molecule has 1 aromatic heterocycles. The molecule has 2 heterocycles. The van der Waals surface area contributed by atoms with Gasteiger partial charge in [0, 0.05) is 28.7 Å². The van der Waals surface area contributed by atoms with Crippen molar-refractivity contribution >= 4 is 16.8 Å². The molecule has 0 bridgehead atoms. The monoisotopic (exact) mass is 384 g/mol. The number of nitrogens with one attached hydrogen (secondary N) is 1. The Morgan fingerprint density at radius 3 is 2.62 bits per heavy atom. The summed E-state index contributed by atoms with van der Waals surface area (Å²) >= 11 is 0. The summed E-state index contributed by atoms with van der Waals surface area (Å²) in [6.45, 7) is 2.60. The Kier molecular flexibility index (Phi) is 4.20. The van der Waals surface area contributed by atoms with Crippen LogP contribution >= 0.6 is 0 Å². The lowest BCUT2D eigenvalue weighted by molar-refractivity contribution is 0.0692. The Morgan fingerprint density at radius 2 is 1.83 bits per heavy atom. The summed E-state index contributed by atoms with van der Waals surface area (Å²) in [6, 6.07) is 22.1. The van der Waals surface area contributed by atoms with Crippen LogP contribution in [0.1, 0.15) is 38.8 Å². The van der Waals surface area contributed by atoms with Crippen LogP contribution in [0.3, 0.4) is 0 Å². The van der Waals surface area contributed by atoms with Crippen molar-refractivity contribution in [2.75, 3.05) is 6.54 Å². The molecule has 0 spiro atoms. The maximum absolute atomic E-state index is 13.6. The van der Waals surface area contributed by atoms with E-state index in [1.54, 1.807) is 12.1 Å². The van der Waals surface area contributed by atoms with E-state index in [1.165, 1.54) is 23.1 Å². The Bertz CT molecular complexity index is 1210. The number of aromatic amines is 1. The largest absolute Gasteiger partial charge is 0.356 e. The molecule has 4 heteroatoms. The normalized spacial score (nSPS) is 16.1. The van der Waals surface area contributed by atoms with Gasteiger partial charge < -0.3 is 9.88 Å². The number of rotatable bonds is 2. The minimum atomic E-state index is -0.280. The van der Waals surface area contributed by atoms with Gasteiger partial charge in [-0.3, -0.25) is 4.79 Å². The quantitative estimate of drug-likeness (QED) is 0.493. The zero-order valence-corrected chi connectivity index (χ0v) is 16.2. The number of aromatic nitrogens is 1. The van der Waals surface area contributed by atoms with Crippen LogP contribution in [0.15, 0.2) is 72.8 Å². The molecule has 4 aromatic rings. The highest BCUT2D eigenvalue weighted by Gasteiger charge is 2.34. The molecule has 0 radical (unpaired) electrons. The molecule has 0 aliphatic carbocycles. The molecule has 0 saturated heterocycles. The molecule has 1 atom stereocenters. The predicted octanol–water partition coefficient (Wildman–Crippen LogP) is 5.40. The number of carbonyl (C=O) groups excluding carboxylic acids is 1. The lowest BCUT2D eigenvalue weighted by Gasteiger charge is -2.36. The van der Waals surface area contributed by atoms with E-state index >= 15 is 0 Å². The van der Waals surface area contributed by atoms with E-state index in [4.69, 9.17) is 0 Å². The van der Waals surface area contributed by atoms with Crippen LogP contribution in [0.4, 0.5) is 4.39 Å². The molecule has 1 aliphatic heterocycles. The van der Waals surface area contributed by atoms with Gasteiger partial charge in [-0.05, 0) is 54.8 Å². The predicted molar refractivity (Wildman–Crippen MR) is 112 cm³/mol. The molecule has 3 nitrogen and oxygen atoms in total. The van der Waals surface area contributed by atoms with Crippen molar-refractivity contribution in [2.45, 2.75) is 19.4 Å². The molecule has 1 aliphatic rings. The van der Waals surface area contributed by atoms with Gasteiger partial charge >= 0.3 is 0 Å². The number of nitrogens with zero attached hydrogens (tertiary/aromatic N) is 1. The number of halogens is 1. The van der Waals surface area contributed by atoms with Gasteiger partial charge in [0.25, 0.3) is 5.91 Å². The zero-order chi connectivity index (χ0) is 20.0. The summed E-state index contributed by atoms with van der Waals surface area (Å²) in [5.41, 5.74) is 5.96. The van der Waals surface area contributed by atoms with E-state index in [-0.39, 0.29) is 17.8 Å². The molecule has 0 fully saturated rings. The second-order valence-electron chi connectivity index (χ2n) is 7.63. The van der Waals surface area contributed by atoms with Crippen molar-refractivity contribution in [1.82, 2.24) is 9.88 Å². The van der Waals surface area contributed by atoms with Gasteiger partial charge in [-0.25, -0.2) is 4.39 Å². The SMILES string of the molecule is Cc1cccc(C(=O)N2CCc3c([nH]c4ccccc34)[C@@H]2c2ccc(F)cc2)c1. The summed E-state index contributed by atoms with van der Waals surface area (Å²) in [5.74, 6) is -0.287. The van der Waals surface area contributed by atoms with Crippen LogP contribution < -0.4 is 0 Å². The van der Waals surface area contributed by atoms with Crippen molar-refractivity contribution in [2.24, 2.45) is 0 Å². The van der Waals surface area contributed by atoms with E-state index < -0.39 is 0 Å². The Hall–Kier alpha value is -3.40. The first-order chi connectivity index (χ1) is 14.1. The third-order valence-corrected chi connectivity index (χ3v) is 5.75. The molecule has 1 N–H and O–H groups in total. The first-order valence-corrected chi connectivity index (χ1v) is 9.84. The van der Waals surface area contributed by atoms with Crippen LogP contribution in [0.5, 0.6) is 0 Å². The van der Waals surface area contributed by atoms with E-state index in [9.17, 15) is 9.18 Å². The van der Waals surface area contributed by atoms with Gasteiger partial charge in [-0.2, -0.15) is 0 Å². The summed E-state index contributed by atoms with van der Waals surface area (Å²) < 4.78 is 13.6. The molecular formula is C25H21FN2O. The third kappa shape index (κ3) is 3.01. The lowest BCUT2D eigenvalue weighted by Crippen LogP contribution is -2.40. The fraction of sp³-hybridized carbons (Fsp3) is 0.160. The topological polar surface area (TPSA) is 36.1 Å². The number of para-hydroxylation sites is 1. The lowest BCUT2D eigenvalue weighted by atomic mass is 9.91. The fourth-order valence-corrected chi connectivity index (χ4v) is 4.40. The molecule has 5 rings (SSSR count). The summed E-state index contributed by atoms with van der Waals surface area (Å²) in [5, 5.41) is 1.19. The molecule has 0 unspecified atom stereocenters. The van der Waals surface area contributed by atoms with Crippen molar-refractivity contribution in [3.63, 3.8) is 0 Å². The van der Waals surface area contributed by atoms with E-state index in [2.05, 4.69) is 17.1 Å². The van der Waals surface area contributed by atoms with Crippen molar-refractivity contribution in [1.29, 1.82) is 0 Å². The van der Waals surface area contributed by atoms with Gasteiger partial charge in [-0.15, -0.1) is 0 Å². The number of hydrogen-bond acceptors (Lipinski definition) is 1. The maximum atomic E-state index is 13.6. The smallest absolute Gasteiger partial charge is 0.254 e. The van der Waals surface area contributed by atoms with Gasteiger partial charge in [0.1, 0.15) is 5.82 Å². The minimum Gasteiger partial charge on any atom is -0.356 e. The average Bonchev–Trinajstić information content (AvgIpc) is 3.12. The summed E-state index contributed by atoms with van der Waals surface area (Å²) in [6.07, 6.45) is 0.786. The zero-order valence-electron chi connectivity index (χ0n) is 16.2. The Labute approximate surface area is 168 Å². The standard InChI is InChI=1S/C25H21FN2O/c1-16-5-4-6-18(15-16)25(29)28-14-13-21-20-7-2-3-8-22(20)27-23(21)24(28)17-9-11-19(26)12-10-17/h2-12,15,24,27H,13-14H2,1H3/t24-/m0/s1. The number of hydrogen-bond donors (Lipinski definition) is 1. The summed E-state index contributed by atoms with van der Waals surface area (Å²) in [4.78, 5) is 18.9. The van der Waals surface area contributed by atoms with Gasteiger partial charge in [-0.1, -0.05) is 48.0 Å². The van der Waals surface area contributed by atoms with E-state index in [1.807, 2.05) is 48.2 Å². The van der Waals surface area contributed by atoms with Crippen LogP contribution in [-0.4, -0.2) is 22.3 Å². The fourth-order valence-electron chi connectivity index (χ4n) is 4.40. The van der Waals surface area contributed by atoms with Gasteiger partial charge in [0.2, 0.25) is 0 Å². The molecule has 144 valence electrons. The number of aryl methyl sites for hydroxylation is 1. The highest BCUT2D eigenvalue weighted by atomic mass is 19.1. The first-order valence-electron chi connectivity index (χ1n) is 9.84. The molecule has 3 aromatic carbocycles. The maximum Gasteiger partial charge on any atom is 0.254 e. The van der Waals surface area contributed by atoms with Crippen LogP contribution in [0.2, 0.25) is 0 Å². The second-order valence-corrected chi connectivity index (χ2v) is 7.63. The Balaban J connectivity index is 1.66. The van der Waals surface area contributed by atoms with E-state index in [0.29, 0.717) is 12.1 Å². The van der Waals surface area contributed by atoms with Crippen molar-refractivity contribution < 1.29 is 9.18 Å². The molecule has 1 amide bonds. The minimum absolute atomic E-state index is 0.00710. The van der Waals surface area contributed by atoms with E-state index in [0.717, 1.165) is 28.8 Å². The molecule has 0 saturated carbocycles. The van der Waals surface area contributed by atoms with Crippen LogP contribution in [0.25, 0.3) is 10.9 Å². The highest BCUT2D eigenvalue weighted by molar-refractivity contribution is 5.95. The number of fused-ring (bicyclic) bond motifs is 3. The first kappa shape index (κ1) is 17.7. The van der Waals surface area contributed by atoms with Gasteiger partial charge in [0.15, 0.2) is 0 Å². The molecular weight excluding hydrogens is 363 g/mol. The third-order valence-electron chi connectivity index (χ3n) is 5.75. The Morgan fingerprint density at radius 1 is 1.03 bits per heavy atom. The highest BCUT2D eigenvalue weighted by Crippen LogP contribution is 2.39. The van der Waals surface area contributed by atoms with Crippen molar-refractivity contribution in [3.8, 4) is 0 Å². The van der Waals surface area contributed by atoms with Gasteiger partial charge in [0.05, 0.1) is 6.04 Å².